The molecule has 0 heterocycles. The minimum atomic E-state index is -0.383. The van der Waals surface area contributed by atoms with E-state index < -0.39 is 0 Å². The van der Waals surface area contributed by atoms with Gasteiger partial charge in [0.05, 0.1) is 9.85 Å². The first-order chi connectivity index (χ1) is 47.1. The highest BCUT2D eigenvalue weighted by atomic mass is 16.6. The van der Waals surface area contributed by atoms with Crippen molar-refractivity contribution in [2.45, 2.75) is 0 Å². The van der Waals surface area contributed by atoms with Gasteiger partial charge < -0.3 is 19.6 Å². The number of anilines is 10. The molecule has 0 radical (unpaired) electrons. The Labute approximate surface area is 559 Å². The third-order valence-corrected chi connectivity index (χ3v) is 17.2. The van der Waals surface area contributed by atoms with Gasteiger partial charge in [0, 0.05) is 95.2 Å². The smallest absolute Gasteiger partial charge is 0.271 e. The maximum atomic E-state index is 11.3. The fourth-order valence-electron chi connectivity index (χ4n) is 11.9. The average Bonchev–Trinajstić information content (AvgIpc) is 0.850. The number of rotatable bonds is 18. The van der Waals surface area contributed by atoms with Crippen molar-refractivity contribution >= 4 is 68.2 Å². The maximum Gasteiger partial charge on any atom is 0.271 e. The van der Waals surface area contributed by atoms with Crippen molar-refractivity contribution in [1.29, 1.82) is 0 Å². The summed E-state index contributed by atoms with van der Waals surface area (Å²) in [7, 11) is 3.87. The molecule has 0 aliphatic heterocycles. The van der Waals surface area contributed by atoms with Crippen molar-refractivity contribution in [2.24, 2.45) is 0 Å². The van der Waals surface area contributed by atoms with Gasteiger partial charge in [0.25, 0.3) is 11.4 Å². The van der Waals surface area contributed by atoms with Crippen LogP contribution in [0.4, 0.5) is 68.2 Å². The van der Waals surface area contributed by atoms with Crippen molar-refractivity contribution < 1.29 is 9.85 Å². The first-order valence-electron chi connectivity index (χ1n) is 31.7. The summed E-state index contributed by atoms with van der Waals surface area (Å²) in [6, 6.07) is 124. The second kappa shape index (κ2) is 28.7. The van der Waals surface area contributed by atoms with Crippen molar-refractivity contribution in [2.75, 3.05) is 33.7 Å². The number of nitro groups is 2. The molecule has 0 atom stereocenters. The van der Waals surface area contributed by atoms with Crippen LogP contribution in [-0.2, 0) is 0 Å². The van der Waals surface area contributed by atoms with Crippen LogP contribution in [0.2, 0.25) is 0 Å². The van der Waals surface area contributed by atoms with Gasteiger partial charge in [0.15, 0.2) is 0 Å². The Bertz CT molecular complexity index is 4710. The second-order valence-electron chi connectivity index (χ2n) is 23.2. The number of nitro benzene ring substituents is 2. The van der Waals surface area contributed by atoms with Crippen molar-refractivity contribution in [3.63, 3.8) is 0 Å². The summed E-state index contributed by atoms with van der Waals surface area (Å²) in [5.74, 6) is 0. The zero-order valence-corrected chi connectivity index (χ0v) is 53.0. The van der Waals surface area contributed by atoms with E-state index in [-0.39, 0.29) is 21.2 Å². The van der Waals surface area contributed by atoms with Crippen LogP contribution in [0.1, 0.15) is 0 Å². The number of nitrogens with zero attached hydrogens (tertiary/aromatic N) is 6. The quantitative estimate of drug-likeness (QED) is 0.0619. The van der Waals surface area contributed by atoms with Crippen molar-refractivity contribution in [3.8, 4) is 66.8 Å². The molecule has 0 aliphatic rings. The van der Waals surface area contributed by atoms with E-state index in [1.807, 2.05) is 66.4 Å². The highest BCUT2D eigenvalue weighted by molar-refractivity contribution is 5.84. The van der Waals surface area contributed by atoms with Crippen LogP contribution in [0.5, 0.6) is 0 Å². The van der Waals surface area contributed by atoms with Gasteiger partial charge in [-0.1, -0.05) is 224 Å². The van der Waals surface area contributed by atoms with Crippen LogP contribution in [-0.4, -0.2) is 23.9 Å². The molecule has 0 aromatic heterocycles. The molecule has 0 aliphatic carbocycles. The van der Waals surface area contributed by atoms with E-state index in [0.29, 0.717) is 0 Å². The molecule has 10 nitrogen and oxygen atoms in total. The highest BCUT2D eigenvalue weighted by Gasteiger charge is 2.18. The third-order valence-electron chi connectivity index (χ3n) is 17.2. The van der Waals surface area contributed by atoms with Gasteiger partial charge in [0.1, 0.15) is 0 Å². The number of hydrogen-bond acceptors (Lipinski definition) is 8. The summed E-state index contributed by atoms with van der Waals surface area (Å²) in [6.07, 6.45) is 0. The Balaban J connectivity index is 0.000000174. The number of benzene rings is 14. The molecule has 0 unspecified atom stereocenters. The van der Waals surface area contributed by atoms with E-state index in [4.69, 9.17) is 0 Å². The summed E-state index contributed by atoms with van der Waals surface area (Å²) in [5.41, 5.74) is 24.0. The van der Waals surface area contributed by atoms with E-state index >= 15 is 0 Å². The van der Waals surface area contributed by atoms with Gasteiger partial charge in [-0.2, -0.15) is 0 Å². The summed E-state index contributed by atoms with van der Waals surface area (Å²) in [6.45, 7) is 0. The zero-order chi connectivity index (χ0) is 65.7. The minimum absolute atomic E-state index is 0.0735. The molecular formula is C86H66N6O4. The molecule has 0 amide bonds. The predicted molar refractivity (Wildman–Crippen MR) is 397 cm³/mol. The van der Waals surface area contributed by atoms with Crippen LogP contribution >= 0.6 is 0 Å². The molecule has 0 N–H and O–H groups in total. The molecule has 0 bridgehead atoms. The molecular weight excluding hydrogens is 1180 g/mol. The minimum Gasteiger partial charge on any atom is -0.345 e. The first kappa shape index (κ1) is 61.9. The monoisotopic (exact) mass is 1250 g/mol. The zero-order valence-electron chi connectivity index (χ0n) is 53.0. The molecule has 14 aromatic rings. The van der Waals surface area contributed by atoms with Gasteiger partial charge in [-0.3, -0.25) is 20.2 Å². The lowest BCUT2D eigenvalue weighted by Crippen LogP contribution is -2.10. The molecule has 464 valence electrons. The molecule has 96 heavy (non-hydrogen) atoms. The molecule has 10 heteroatoms. The maximum absolute atomic E-state index is 11.3. The lowest BCUT2D eigenvalue weighted by Gasteiger charge is -2.26. The van der Waals surface area contributed by atoms with Crippen LogP contribution in [0.3, 0.4) is 0 Å². The molecule has 0 spiro atoms. The van der Waals surface area contributed by atoms with E-state index in [9.17, 15) is 20.2 Å². The Hall–Kier alpha value is -12.9. The summed E-state index contributed by atoms with van der Waals surface area (Å²) >= 11 is 0. The van der Waals surface area contributed by atoms with Gasteiger partial charge in [-0.25, -0.2) is 0 Å². The number of non-ortho nitro benzene ring substituents is 2. The Kier molecular flexibility index (Phi) is 18.5. The fourth-order valence-corrected chi connectivity index (χ4v) is 11.9. The van der Waals surface area contributed by atoms with Crippen LogP contribution in [0.25, 0.3) is 66.8 Å². The summed E-state index contributed by atoms with van der Waals surface area (Å²) in [4.78, 5) is 30.1. The van der Waals surface area contributed by atoms with Gasteiger partial charge in [-0.15, -0.1) is 0 Å². The molecule has 0 saturated carbocycles. The second-order valence-corrected chi connectivity index (χ2v) is 23.2. The standard InChI is InChI=1S/2C43H33N3O2/c1-44(42-13-8-14-43(31-42)46(47)48)38-23-15-36(16-24-38)37-21-29-41(30-22-37)45(39-25-17-34(18-26-39)32-9-4-2-5-10-32)40-27-19-35(20-28-40)33-11-6-3-7-12-33;1-44(39-28-30-43(31-29-39)46(47)48)38-20-12-36(13-21-38)37-18-26-42(27-19-37)45(40-22-14-34(15-23-40)32-8-4-2-5-9-32)41-24-16-35(17-25-41)33-10-6-3-7-11-33/h2*2-31H,1H3. The Morgan fingerprint density at radius 1 is 0.198 bits per heavy atom. The van der Waals surface area contributed by atoms with Crippen LogP contribution in [0, 0.1) is 20.2 Å². The Morgan fingerprint density at radius 2 is 0.396 bits per heavy atom. The van der Waals surface area contributed by atoms with E-state index in [2.05, 4.69) is 289 Å². The van der Waals surface area contributed by atoms with Crippen molar-refractivity contribution in [3.05, 3.63) is 384 Å². The lowest BCUT2D eigenvalue weighted by molar-refractivity contribution is -0.385. The largest absolute Gasteiger partial charge is 0.345 e. The molecule has 0 fully saturated rings. The average molecular weight is 1250 g/mol. The van der Waals surface area contributed by atoms with E-state index in [0.717, 1.165) is 79.1 Å². The van der Waals surface area contributed by atoms with Crippen LogP contribution in [0.15, 0.2) is 364 Å². The van der Waals surface area contributed by atoms with E-state index in [1.54, 1.807) is 24.3 Å². The normalized spacial score (nSPS) is 10.8. The number of hydrogen-bond donors (Lipinski definition) is 0. The van der Waals surface area contributed by atoms with Gasteiger partial charge in [0.2, 0.25) is 0 Å². The first-order valence-corrected chi connectivity index (χ1v) is 31.7. The summed E-state index contributed by atoms with van der Waals surface area (Å²) in [5, 5.41) is 22.3. The molecule has 14 rings (SSSR count). The molecule has 0 saturated heterocycles. The summed E-state index contributed by atoms with van der Waals surface area (Å²) < 4.78 is 0. The van der Waals surface area contributed by atoms with E-state index in [1.165, 1.54) is 62.7 Å². The fraction of sp³-hybridized carbons (Fsp3) is 0.0233. The topological polar surface area (TPSA) is 99.2 Å². The molecule has 14 aromatic carbocycles. The van der Waals surface area contributed by atoms with Crippen LogP contribution < -0.4 is 19.6 Å². The lowest BCUT2D eigenvalue weighted by atomic mass is 10.0. The van der Waals surface area contributed by atoms with Gasteiger partial charge >= 0.3 is 0 Å². The SMILES string of the molecule is CN(c1ccc(-c2ccc(N(c3ccc(-c4ccccc4)cc3)c3ccc(-c4ccccc4)cc3)cc2)cc1)c1ccc([N+](=O)[O-])cc1.CN(c1ccc(-c2ccc(N(c3ccc(-c4ccccc4)cc3)c3ccc(-c4ccccc4)cc3)cc2)cc1)c1cccc([N+](=O)[O-])c1. The Morgan fingerprint density at radius 3 is 0.625 bits per heavy atom. The highest BCUT2D eigenvalue weighted by Crippen LogP contribution is 2.41. The van der Waals surface area contributed by atoms with Gasteiger partial charge in [-0.05, 0) is 182 Å². The van der Waals surface area contributed by atoms with Crippen molar-refractivity contribution in [1.82, 2.24) is 0 Å². The predicted octanol–water partition coefficient (Wildman–Crippen LogP) is 23.7. The third kappa shape index (κ3) is 14.2.